The molecular weight excluding hydrogens is 701 g/mol. The quantitative estimate of drug-likeness (QED) is 0.133. The molecule has 0 saturated carbocycles. The third-order valence-corrected chi connectivity index (χ3v) is 11.9. The fourth-order valence-corrected chi connectivity index (χ4v) is 9.62. The molecule has 50 heavy (non-hydrogen) atoms. The first-order chi connectivity index (χ1) is 23.8. The summed E-state index contributed by atoms with van der Waals surface area (Å²) in [4.78, 5) is 18.6. The van der Waals surface area contributed by atoms with Crippen molar-refractivity contribution in [3.8, 4) is 0 Å². The van der Waals surface area contributed by atoms with E-state index in [1.165, 1.54) is 6.07 Å². The molecule has 5 heterocycles. The molecule has 0 aliphatic carbocycles. The van der Waals surface area contributed by atoms with E-state index in [1.807, 2.05) is 43.3 Å². The summed E-state index contributed by atoms with van der Waals surface area (Å²) in [6.07, 6.45) is 0.974. The topological polar surface area (TPSA) is 215 Å². The third-order valence-electron chi connectivity index (χ3n) is 8.25. The number of benzene rings is 2. The van der Waals surface area contributed by atoms with Gasteiger partial charge in [0, 0.05) is 17.4 Å². The van der Waals surface area contributed by atoms with Crippen LogP contribution in [-0.2, 0) is 44.5 Å². The third kappa shape index (κ3) is 6.14. The highest BCUT2D eigenvalue weighted by Crippen LogP contribution is 2.33. The van der Waals surface area contributed by atoms with E-state index in [1.54, 1.807) is 39.6 Å². The first kappa shape index (κ1) is 33.8. The number of para-hydroxylation sites is 2. The number of anilines is 2. The maximum Gasteiger partial charge on any atom is 0.251 e. The average molecular weight is 735 g/mol. The van der Waals surface area contributed by atoms with Crippen LogP contribution in [0.4, 0.5) is 11.6 Å². The van der Waals surface area contributed by atoms with E-state index in [4.69, 9.17) is 26.2 Å². The monoisotopic (exact) mass is 734 g/mol. The van der Waals surface area contributed by atoms with Crippen LogP contribution in [0.15, 0.2) is 70.3 Å². The van der Waals surface area contributed by atoms with Crippen molar-refractivity contribution in [2.24, 2.45) is 0 Å². The van der Waals surface area contributed by atoms with E-state index in [9.17, 15) is 16.8 Å². The minimum Gasteiger partial charge on any atom is -0.382 e. The number of nitrogens with one attached hydrogen (secondary N) is 2. The van der Waals surface area contributed by atoms with Gasteiger partial charge < -0.3 is 25.3 Å². The van der Waals surface area contributed by atoms with Crippen molar-refractivity contribution in [3.05, 3.63) is 77.7 Å². The number of imidazole rings is 2. The molecule has 15 nitrogen and oxygen atoms in total. The van der Waals surface area contributed by atoms with Crippen LogP contribution in [0, 0.1) is 6.92 Å². The Hall–Kier alpha value is -4.72. The van der Waals surface area contributed by atoms with Crippen molar-refractivity contribution in [1.29, 1.82) is 0 Å². The normalized spacial score (nSPS) is 13.9. The number of pyridine rings is 2. The predicted molar refractivity (Wildman–Crippen MR) is 194 cm³/mol. The van der Waals surface area contributed by atoms with Gasteiger partial charge in [-0.2, -0.15) is 9.44 Å². The minimum absolute atomic E-state index is 0.00722. The van der Waals surface area contributed by atoms with Crippen LogP contribution in [0.2, 0.25) is 0 Å². The van der Waals surface area contributed by atoms with Crippen LogP contribution in [0.5, 0.6) is 0 Å². The van der Waals surface area contributed by atoms with Crippen LogP contribution in [0.3, 0.4) is 0 Å². The van der Waals surface area contributed by atoms with Crippen LogP contribution in [0.1, 0.15) is 18.6 Å². The SMILES string of the molecule is CCOCc1nc2c(N)nc3ccccc3c2n1CC(Cn1c(C)nc2c(N)nc3ccccc3c21)(NS(C)(=O)=O)NS(=O)(=O)c1cccs1. The minimum atomic E-state index is -4.34. The summed E-state index contributed by atoms with van der Waals surface area (Å²) < 4.78 is 69.9. The Labute approximate surface area is 291 Å². The maximum absolute atomic E-state index is 14.2. The number of thiophene rings is 1. The van der Waals surface area contributed by atoms with Gasteiger partial charge in [-0.25, -0.2) is 36.8 Å². The summed E-state index contributed by atoms with van der Waals surface area (Å²) in [7, 11) is -8.46. The largest absolute Gasteiger partial charge is 0.382 e. The van der Waals surface area contributed by atoms with E-state index in [-0.39, 0.29) is 35.5 Å². The number of hydrogen-bond donors (Lipinski definition) is 4. The van der Waals surface area contributed by atoms with Crippen molar-refractivity contribution >= 4 is 86.9 Å². The van der Waals surface area contributed by atoms with Gasteiger partial charge in [0.2, 0.25) is 10.0 Å². The number of aromatic nitrogens is 6. The summed E-state index contributed by atoms with van der Waals surface area (Å²) in [5.41, 5.74) is 13.9. The Morgan fingerprint density at radius 2 is 1.38 bits per heavy atom. The van der Waals surface area contributed by atoms with Gasteiger partial charge in [-0.15, -0.1) is 11.3 Å². The Bertz CT molecular complexity index is 2640. The van der Waals surface area contributed by atoms with Gasteiger partial charge in [0.25, 0.3) is 10.0 Å². The van der Waals surface area contributed by atoms with E-state index in [0.29, 0.717) is 62.1 Å². The molecule has 1 unspecified atom stereocenters. The van der Waals surface area contributed by atoms with Crippen LogP contribution >= 0.6 is 11.3 Å². The molecule has 7 rings (SSSR count). The highest BCUT2D eigenvalue weighted by molar-refractivity contribution is 7.91. The molecule has 0 saturated heterocycles. The van der Waals surface area contributed by atoms with Gasteiger partial charge in [0.1, 0.15) is 39.2 Å². The molecule has 0 aliphatic rings. The second-order valence-electron chi connectivity index (χ2n) is 11.9. The van der Waals surface area contributed by atoms with Gasteiger partial charge >= 0.3 is 0 Å². The Kier molecular flexibility index (Phi) is 8.48. The van der Waals surface area contributed by atoms with E-state index >= 15 is 0 Å². The van der Waals surface area contributed by atoms with Crippen molar-refractivity contribution in [2.45, 2.75) is 43.4 Å². The molecule has 0 spiro atoms. The Morgan fingerprint density at radius 3 is 1.96 bits per heavy atom. The highest BCUT2D eigenvalue weighted by Gasteiger charge is 2.41. The number of fused-ring (bicyclic) bond motifs is 6. The standard InChI is InChI=1S/C32H34N10O5S3/c1-4-47-16-24-38-27-29(21-11-6-8-13-23(21)37-31(27)34)42(24)18-32(39-49(3,43)44,40-50(45,46)25-14-9-15-48-25)17-41-19(2)35-26-28(41)20-10-5-7-12-22(20)36-30(26)33/h5-15,39-40H,4,16-18H2,1-3H3,(H2,33,36)(H2,34,37). The fourth-order valence-electron chi connectivity index (χ4n) is 6.36. The Morgan fingerprint density at radius 1 is 0.800 bits per heavy atom. The maximum atomic E-state index is 14.2. The first-order valence-electron chi connectivity index (χ1n) is 15.5. The van der Waals surface area contributed by atoms with E-state index < -0.39 is 25.7 Å². The molecule has 18 heteroatoms. The molecule has 2 aromatic carbocycles. The molecule has 7 aromatic rings. The molecule has 0 aliphatic heterocycles. The second-order valence-corrected chi connectivity index (χ2v) is 16.5. The van der Waals surface area contributed by atoms with Gasteiger partial charge in [-0.3, -0.25) is 0 Å². The van der Waals surface area contributed by atoms with Gasteiger partial charge in [-0.05, 0) is 37.4 Å². The number of aryl methyl sites for hydroxylation is 1. The molecule has 1 atom stereocenters. The summed E-state index contributed by atoms with van der Waals surface area (Å²) in [6.45, 7) is 3.38. The zero-order chi connectivity index (χ0) is 35.4. The van der Waals surface area contributed by atoms with Gasteiger partial charge in [0.05, 0.1) is 41.4 Å². The summed E-state index contributed by atoms with van der Waals surface area (Å²) in [5.74, 6) is 1.16. The van der Waals surface area contributed by atoms with Gasteiger partial charge in [0.15, 0.2) is 11.6 Å². The lowest BCUT2D eigenvalue weighted by molar-refractivity contribution is 0.124. The van der Waals surface area contributed by atoms with Crippen molar-refractivity contribution in [1.82, 2.24) is 38.5 Å². The Balaban J connectivity index is 1.54. The van der Waals surface area contributed by atoms with E-state index in [0.717, 1.165) is 17.6 Å². The number of nitrogens with two attached hydrogens (primary N) is 2. The highest BCUT2D eigenvalue weighted by atomic mass is 32.2. The van der Waals surface area contributed by atoms with E-state index in [2.05, 4.69) is 19.4 Å². The average Bonchev–Trinajstić information content (AvgIpc) is 3.79. The first-order valence-corrected chi connectivity index (χ1v) is 19.7. The molecule has 5 aromatic heterocycles. The van der Waals surface area contributed by atoms with Crippen molar-refractivity contribution < 1.29 is 21.6 Å². The smallest absolute Gasteiger partial charge is 0.251 e. The van der Waals surface area contributed by atoms with Crippen LogP contribution in [0.25, 0.3) is 43.9 Å². The van der Waals surface area contributed by atoms with Crippen LogP contribution in [-0.4, -0.2) is 64.4 Å². The van der Waals surface area contributed by atoms with Crippen LogP contribution < -0.4 is 20.9 Å². The number of nitrogen functional groups attached to an aromatic ring is 2. The van der Waals surface area contributed by atoms with Crippen molar-refractivity contribution in [2.75, 3.05) is 24.3 Å². The number of rotatable bonds is 12. The molecule has 0 fully saturated rings. The zero-order valence-electron chi connectivity index (χ0n) is 27.3. The van der Waals surface area contributed by atoms with Gasteiger partial charge in [-0.1, -0.05) is 42.5 Å². The number of ether oxygens (including phenoxy) is 1. The summed E-state index contributed by atoms with van der Waals surface area (Å²) >= 11 is 0.999. The molecule has 6 N–H and O–H groups in total. The molecule has 0 radical (unpaired) electrons. The summed E-state index contributed by atoms with van der Waals surface area (Å²) in [6, 6.07) is 17.7. The molecule has 0 amide bonds. The predicted octanol–water partition coefficient (Wildman–Crippen LogP) is 3.48. The molecule has 0 bridgehead atoms. The molecular formula is C32H34N10O5S3. The number of nitrogens with zero attached hydrogens (tertiary/aromatic N) is 6. The number of hydrogen-bond acceptors (Lipinski definition) is 12. The fraction of sp³-hybridized carbons (Fsp3) is 0.250. The lowest BCUT2D eigenvalue weighted by Crippen LogP contribution is -2.64. The zero-order valence-corrected chi connectivity index (χ0v) is 29.7. The lowest BCUT2D eigenvalue weighted by Gasteiger charge is -2.36. The van der Waals surface area contributed by atoms with Crippen molar-refractivity contribution in [3.63, 3.8) is 0 Å². The number of sulfonamides is 2. The lowest BCUT2D eigenvalue weighted by atomic mass is 10.1. The summed E-state index contributed by atoms with van der Waals surface area (Å²) in [5, 5.41) is 3.00. The second kappa shape index (κ2) is 12.6. The molecule has 260 valence electrons.